The fourth-order valence-corrected chi connectivity index (χ4v) is 3.94. The van der Waals surface area contributed by atoms with Gasteiger partial charge in [0.2, 0.25) is 0 Å². The molecule has 7 heteroatoms. The fourth-order valence-electron chi connectivity index (χ4n) is 3.36. The first-order valence-corrected chi connectivity index (χ1v) is 9.73. The Morgan fingerprint density at radius 2 is 2.08 bits per heavy atom. The van der Waals surface area contributed by atoms with Gasteiger partial charge in [-0.25, -0.2) is 9.59 Å². The number of urea groups is 1. The number of fused-ring (bicyclic) bond motifs is 1. The van der Waals surface area contributed by atoms with Crippen LogP contribution in [0.4, 0.5) is 4.79 Å². The minimum atomic E-state index is -0.0623. The Kier molecular flexibility index (Phi) is 5.18. The van der Waals surface area contributed by atoms with Crippen molar-refractivity contribution >= 4 is 28.8 Å². The zero-order valence-corrected chi connectivity index (χ0v) is 14.9. The number of hydrogen-bond donors (Lipinski definition) is 2. The molecule has 130 valence electrons. The maximum Gasteiger partial charge on any atom is 0.326 e. The zero-order valence-electron chi connectivity index (χ0n) is 14.1. The SMILES string of the molecule is CSCC(C)NC(=O)N1CCC(n2c(=O)[nH]c3ccccc32)CC1. The first-order valence-electron chi connectivity index (χ1n) is 8.33. The second-order valence-electron chi connectivity index (χ2n) is 6.34. The van der Waals surface area contributed by atoms with Gasteiger partial charge in [0.15, 0.2) is 0 Å². The number of likely N-dealkylation sites (tertiary alicyclic amines) is 1. The lowest BCUT2D eigenvalue weighted by Gasteiger charge is -2.33. The Morgan fingerprint density at radius 1 is 1.38 bits per heavy atom. The summed E-state index contributed by atoms with van der Waals surface area (Å²) in [6.07, 6.45) is 3.63. The topological polar surface area (TPSA) is 70.1 Å². The summed E-state index contributed by atoms with van der Waals surface area (Å²) in [5, 5.41) is 3.03. The van der Waals surface area contributed by atoms with Crippen LogP contribution < -0.4 is 11.0 Å². The van der Waals surface area contributed by atoms with Crippen LogP contribution in [0.3, 0.4) is 0 Å². The number of amides is 2. The summed E-state index contributed by atoms with van der Waals surface area (Å²) in [5.41, 5.74) is 1.75. The average molecular weight is 348 g/mol. The minimum absolute atomic E-state index is 0.00118. The summed E-state index contributed by atoms with van der Waals surface area (Å²) in [6.45, 7) is 3.37. The molecule has 0 radical (unpaired) electrons. The third kappa shape index (κ3) is 3.45. The number of carbonyl (C=O) groups is 1. The molecule has 1 aliphatic rings. The number of carbonyl (C=O) groups excluding carboxylic acids is 1. The third-order valence-electron chi connectivity index (χ3n) is 4.53. The van der Waals surface area contributed by atoms with E-state index >= 15 is 0 Å². The van der Waals surface area contributed by atoms with E-state index in [1.807, 2.05) is 46.9 Å². The van der Waals surface area contributed by atoms with Crippen LogP contribution in [0.5, 0.6) is 0 Å². The van der Waals surface area contributed by atoms with E-state index in [4.69, 9.17) is 0 Å². The van der Waals surface area contributed by atoms with Gasteiger partial charge in [0.25, 0.3) is 0 Å². The molecule has 0 saturated carbocycles. The molecule has 1 aliphatic heterocycles. The summed E-state index contributed by atoms with van der Waals surface area (Å²) in [5.74, 6) is 0.910. The molecule has 1 fully saturated rings. The number of aromatic amines is 1. The summed E-state index contributed by atoms with van der Waals surface area (Å²) in [4.78, 5) is 29.3. The molecule has 0 aliphatic carbocycles. The number of para-hydroxylation sites is 2. The first kappa shape index (κ1) is 17.0. The Balaban J connectivity index is 1.65. The van der Waals surface area contributed by atoms with E-state index in [1.165, 1.54) is 0 Å². The lowest BCUT2D eigenvalue weighted by atomic mass is 10.0. The average Bonchev–Trinajstić information content (AvgIpc) is 2.91. The van der Waals surface area contributed by atoms with Crippen LogP contribution in [-0.4, -0.2) is 51.6 Å². The summed E-state index contributed by atoms with van der Waals surface area (Å²) < 4.78 is 1.85. The van der Waals surface area contributed by atoms with Gasteiger partial charge in [-0.1, -0.05) is 12.1 Å². The van der Waals surface area contributed by atoms with E-state index in [1.54, 1.807) is 11.8 Å². The van der Waals surface area contributed by atoms with Gasteiger partial charge in [-0.15, -0.1) is 0 Å². The number of aromatic nitrogens is 2. The molecule has 2 N–H and O–H groups in total. The molecule has 1 aromatic carbocycles. The Morgan fingerprint density at radius 3 is 2.79 bits per heavy atom. The van der Waals surface area contributed by atoms with Crippen molar-refractivity contribution in [3.8, 4) is 0 Å². The molecular weight excluding hydrogens is 324 g/mol. The number of imidazole rings is 1. The van der Waals surface area contributed by atoms with Crippen molar-refractivity contribution < 1.29 is 4.79 Å². The number of rotatable bonds is 4. The number of H-pyrrole nitrogens is 1. The number of nitrogens with one attached hydrogen (secondary N) is 2. The maximum absolute atomic E-state index is 12.3. The standard InChI is InChI=1S/C17H24N4O2S/c1-12(11-24-2)18-16(22)20-9-7-13(8-10-20)21-15-6-4-3-5-14(15)19-17(21)23/h3-6,12-13H,7-11H2,1-2H3,(H,18,22)(H,19,23). The van der Waals surface area contributed by atoms with Crippen LogP contribution in [0, 0.1) is 0 Å². The largest absolute Gasteiger partial charge is 0.335 e. The molecule has 2 heterocycles. The summed E-state index contributed by atoms with van der Waals surface area (Å²) in [7, 11) is 0. The van der Waals surface area contributed by atoms with Crippen LogP contribution in [0.1, 0.15) is 25.8 Å². The Hall–Kier alpha value is -1.89. The first-order chi connectivity index (χ1) is 11.6. The number of thioether (sulfide) groups is 1. The van der Waals surface area contributed by atoms with Gasteiger partial charge in [0.1, 0.15) is 0 Å². The summed E-state index contributed by atoms with van der Waals surface area (Å²) in [6, 6.07) is 8.07. The predicted molar refractivity (Wildman–Crippen MR) is 98.8 cm³/mol. The second kappa shape index (κ2) is 7.34. The van der Waals surface area contributed by atoms with Crippen molar-refractivity contribution in [2.75, 3.05) is 25.1 Å². The molecule has 1 aromatic heterocycles. The highest BCUT2D eigenvalue weighted by Gasteiger charge is 2.26. The van der Waals surface area contributed by atoms with Crippen molar-refractivity contribution in [3.63, 3.8) is 0 Å². The van der Waals surface area contributed by atoms with Crippen LogP contribution in [0.15, 0.2) is 29.1 Å². The van der Waals surface area contributed by atoms with E-state index in [2.05, 4.69) is 10.3 Å². The molecule has 6 nitrogen and oxygen atoms in total. The molecule has 2 amide bonds. The highest BCUT2D eigenvalue weighted by molar-refractivity contribution is 7.98. The number of piperidine rings is 1. The van der Waals surface area contributed by atoms with Gasteiger partial charge in [0.05, 0.1) is 11.0 Å². The van der Waals surface area contributed by atoms with Gasteiger partial charge >= 0.3 is 11.7 Å². The fraction of sp³-hybridized carbons (Fsp3) is 0.529. The molecule has 24 heavy (non-hydrogen) atoms. The number of benzene rings is 1. The van der Waals surface area contributed by atoms with E-state index in [0.29, 0.717) is 13.1 Å². The van der Waals surface area contributed by atoms with Gasteiger partial charge in [-0.05, 0) is 38.2 Å². The normalized spacial score (nSPS) is 17.2. The molecule has 1 saturated heterocycles. The van der Waals surface area contributed by atoms with Crippen LogP contribution >= 0.6 is 11.8 Å². The van der Waals surface area contributed by atoms with Crippen LogP contribution in [0.2, 0.25) is 0 Å². The van der Waals surface area contributed by atoms with Crippen molar-refractivity contribution in [2.24, 2.45) is 0 Å². The van der Waals surface area contributed by atoms with E-state index in [0.717, 1.165) is 29.6 Å². The molecule has 1 unspecified atom stereocenters. The highest BCUT2D eigenvalue weighted by Crippen LogP contribution is 2.24. The molecular formula is C17H24N4O2S. The van der Waals surface area contributed by atoms with Gasteiger partial charge < -0.3 is 15.2 Å². The van der Waals surface area contributed by atoms with Crippen LogP contribution in [0.25, 0.3) is 11.0 Å². The summed E-state index contributed by atoms with van der Waals surface area (Å²) >= 11 is 1.72. The number of nitrogens with zero attached hydrogens (tertiary/aromatic N) is 2. The van der Waals surface area contributed by atoms with Crippen molar-refractivity contribution in [1.29, 1.82) is 0 Å². The molecule has 2 aromatic rings. The molecule has 0 bridgehead atoms. The molecule has 1 atom stereocenters. The highest BCUT2D eigenvalue weighted by atomic mass is 32.2. The van der Waals surface area contributed by atoms with Crippen molar-refractivity contribution in [2.45, 2.75) is 31.8 Å². The zero-order chi connectivity index (χ0) is 17.1. The van der Waals surface area contributed by atoms with Gasteiger partial charge in [-0.3, -0.25) is 4.57 Å². The van der Waals surface area contributed by atoms with Crippen molar-refractivity contribution in [3.05, 3.63) is 34.7 Å². The Bertz CT molecular complexity index is 761. The quantitative estimate of drug-likeness (QED) is 0.891. The lowest BCUT2D eigenvalue weighted by molar-refractivity contribution is 0.170. The smallest absolute Gasteiger partial charge is 0.326 e. The second-order valence-corrected chi connectivity index (χ2v) is 7.25. The van der Waals surface area contributed by atoms with Gasteiger partial charge in [0, 0.05) is 30.9 Å². The van der Waals surface area contributed by atoms with Gasteiger partial charge in [-0.2, -0.15) is 11.8 Å². The Labute approximate surface area is 145 Å². The molecule has 0 spiro atoms. The molecule has 3 rings (SSSR count). The van der Waals surface area contributed by atoms with E-state index in [-0.39, 0.29) is 23.8 Å². The maximum atomic E-state index is 12.3. The van der Waals surface area contributed by atoms with Crippen LogP contribution in [-0.2, 0) is 0 Å². The monoisotopic (exact) mass is 348 g/mol. The third-order valence-corrected chi connectivity index (χ3v) is 5.36. The number of hydrogen-bond acceptors (Lipinski definition) is 3. The van der Waals surface area contributed by atoms with E-state index in [9.17, 15) is 9.59 Å². The lowest BCUT2D eigenvalue weighted by Crippen LogP contribution is -2.48. The predicted octanol–water partition coefficient (Wildman–Crippen LogP) is 2.43. The van der Waals surface area contributed by atoms with E-state index < -0.39 is 0 Å². The van der Waals surface area contributed by atoms with Crippen molar-refractivity contribution in [1.82, 2.24) is 19.8 Å². The minimum Gasteiger partial charge on any atom is -0.335 e.